The highest BCUT2D eigenvalue weighted by Gasteiger charge is 1.93. The molecule has 0 radical (unpaired) electrons. The van der Waals surface area contributed by atoms with Gasteiger partial charge in [-0.3, -0.25) is 0 Å². The third-order valence-corrected chi connectivity index (χ3v) is 0.905. The summed E-state index contributed by atoms with van der Waals surface area (Å²) in [5.41, 5.74) is 5.39. The standard InChI is InChI=1S/C6H6FNO/c7-4-1-5(8)3-6(9)2-4/h1-3,9H,8H2. The maximum Gasteiger partial charge on any atom is 0.128 e. The number of phenolic OH excluding ortho intramolecular Hbond substituents is 1. The largest absolute Gasteiger partial charge is 0.508 e. The first kappa shape index (κ1) is 5.88. The van der Waals surface area contributed by atoms with Gasteiger partial charge in [0.05, 0.1) is 0 Å². The number of aromatic hydroxyl groups is 1. The van der Waals surface area contributed by atoms with Crippen molar-refractivity contribution >= 4 is 5.69 Å². The minimum absolute atomic E-state index is 0.146. The van der Waals surface area contributed by atoms with Crippen LogP contribution < -0.4 is 5.73 Å². The number of halogens is 1. The van der Waals surface area contributed by atoms with Crippen molar-refractivity contribution in [3.8, 4) is 5.75 Å². The fourth-order valence-electron chi connectivity index (χ4n) is 0.596. The van der Waals surface area contributed by atoms with Gasteiger partial charge in [-0.25, -0.2) is 4.39 Å². The van der Waals surface area contributed by atoms with E-state index in [1.54, 1.807) is 0 Å². The van der Waals surface area contributed by atoms with E-state index in [1.807, 2.05) is 0 Å². The first-order chi connectivity index (χ1) is 4.18. The van der Waals surface area contributed by atoms with Crippen LogP contribution in [0.2, 0.25) is 0 Å². The molecule has 0 saturated carbocycles. The maximum atomic E-state index is 12.2. The van der Waals surface area contributed by atoms with Crippen molar-refractivity contribution in [1.29, 1.82) is 0 Å². The fraction of sp³-hybridized carbons (Fsp3) is 0. The van der Waals surface area contributed by atoms with Gasteiger partial charge in [0.25, 0.3) is 0 Å². The van der Waals surface area contributed by atoms with Gasteiger partial charge in [0, 0.05) is 17.8 Å². The smallest absolute Gasteiger partial charge is 0.128 e. The van der Waals surface area contributed by atoms with E-state index in [4.69, 9.17) is 10.8 Å². The van der Waals surface area contributed by atoms with Gasteiger partial charge in [0.2, 0.25) is 0 Å². The van der Waals surface area contributed by atoms with Crippen LogP contribution in [-0.2, 0) is 0 Å². The van der Waals surface area contributed by atoms with Crippen molar-refractivity contribution < 1.29 is 9.50 Å². The van der Waals surface area contributed by atoms with Crippen LogP contribution in [0.4, 0.5) is 10.1 Å². The van der Waals surface area contributed by atoms with Crippen molar-refractivity contribution in [2.24, 2.45) is 0 Å². The van der Waals surface area contributed by atoms with Crippen molar-refractivity contribution in [3.05, 3.63) is 24.0 Å². The van der Waals surface area contributed by atoms with Crippen molar-refractivity contribution in [1.82, 2.24) is 0 Å². The molecule has 1 rings (SSSR count). The molecule has 0 aliphatic heterocycles. The summed E-state index contributed by atoms with van der Waals surface area (Å²) >= 11 is 0. The Morgan fingerprint density at radius 3 is 2.44 bits per heavy atom. The fourth-order valence-corrected chi connectivity index (χ4v) is 0.596. The number of nitrogen functional groups attached to an aromatic ring is 1. The number of nitrogens with two attached hydrogens (primary N) is 1. The zero-order valence-electron chi connectivity index (χ0n) is 4.63. The van der Waals surface area contributed by atoms with Gasteiger partial charge in [0.15, 0.2) is 0 Å². The number of hydrogen-bond acceptors (Lipinski definition) is 2. The molecule has 0 aromatic heterocycles. The second-order valence-corrected chi connectivity index (χ2v) is 1.74. The quantitative estimate of drug-likeness (QED) is 0.513. The Kier molecular flexibility index (Phi) is 1.26. The van der Waals surface area contributed by atoms with Gasteiger partial charge in [0.1, 0.15) is 11.6 Å². The lowest BCUT2D eigenvalue weighted by atomic mass is 10.3. The predicted octanol–water partition coefficient (Wildman–Crippen LogP) is 1.11. The van der Waals surface area contributed by atoms with Gasteiger partial charge in [-0.05, 0) is 6.07 Å². The van der Waals surface area contributed by atoms with Crippen LogP contribution in [0.5, 0.6) is 5.75 Å². The van der Waals surface area contributed by atoms with E-state index in [1.165, 1.54) is 6.07 Å². The monoisotopic (exact) mass is 127 g/mol. The van der Waals surface area contributed by atoms with Crippen LogP contribution in [0.15, 0.2) is 18.2 Å². The Morgan fingerprint density at radius 2 is 2.00 bits per heavy atom. The normalized spacial score (nSPS) is 9.44. The van der Waals surface area contributed by atoms with Crippen LogP contribution in [0.3, 0.4) is 0 Å². The summed E-state index contributed by atoms with van der Waals surface area (Å²) in [7, 11) is 0. The second-order valence-electron chi connectivity index (χ2n) is 1.74. The van der Waals surface area contributed by atoms with E-state index in [9.17, 15) is 4.39 Å². The molecule has 0 unspecified atom stereocenters. The molecule has 3 heteroatoms. The number of anilines is 1. The van der Waals surface area contributed by atoms with Gasteiger partial charge < -0.3 is 10.8 Å². The molecule has 0 saturated heterocycles. The third kappa shape index (κ3) is 1.32. The molecular weight excluding hydrogens is 121 g/mol. The highest BCUT2D eigenvalue weighted by molar-refractivity contribution is 5.43. The van der Waals surface area contributed by atoms with Gasteiger partial charge >= 0.3 is 0 Å². The second kappa shape index (κ2) is 1.93. The number of phenols is 1. The molecule has 0 bridgehead atoms. The van der Waals surface area contributed by atoms with E-state index < -0.39 is 5.82 Å². The highest BCUT2D eigenvalue weighted by atomic mass is 19.1. The summed E-state index contributed by atoms with van der Waals surface area (Å²) < 4.78 is 12.2. The number of benzene rings is 1. The van der Waals surface area contributed by atoms with Crippen LogP contribution in [-0.4, -0.2) is 5.11 Å². The first-order valence-corrected chi connectivity index (χ1v) is 2.43. The average Bonchev–Trinajstić information content (AvgIpc) is 1.59. The molecule has 0 heterocycles. The predicted molar refractivity (Wildman–Crippen MR) is 32.5 cm³/mol. The Bertz CT molecular complexity index is 174. The summed E-state index contributed by atoms with van der Waals surface area (Å²) in [5, 5.41) is 8.67. The minimum Gasteiger partial charge on any atom is -0.508 e. The van der Waals surface area contributed by atoms with Gasteiger partial charge in [-0.15, -0.1) is 0 Å². The molecule has 48 valence electrons. The Hall–Kier alpha value is -1.25. The Labute approximate surface area is 51.7 Å². The van der Waals surface area contributed by atoms with E-state index in [0.717, 1.165) is 12.1 Å². The van der Waals surface area contributed by atoms with E-state index in [0.29, 0.717) is 0 Å². The summed E-state index contributed by atoms with van der Waals surface area (Å²) in [5.74, 6) is -0.667. The summed E-state index contributed by atoms with van der Waals surface area (Å²) in [6, 6.07) is 3.42. The number of hydrogen-bond donors (Lipinski definition) is 2. The zero-order valence-corrected chi connectivity index (χ0v) is 4.63. The number of rotatable bonds is 0. The van der Waals surface area contributed by atoms with E-state index in [-0.39, 0.29) is 11.4 Å². The molecule has 1 aromatic carbocycles. The van der Waals surface area contributed by atoms with Crippen LogP contribution in [0.1, 0.15) is 0 Å². The van der Waals surface area contributed by atoms with Crippen molar-refractivity contribution in [2.45, 2.75) is 0 Å². The van der Waals surface area contributed by atoms with Crippen molar-refractivity contribution in [2.75, 3.05) is 5.73 Å². The minimum atomic E-state index is -0.521. The zero-order chi connectivity index (χ0) is 6.85. The summed E-state index contributed by atoms with van der Waals surface area (Å²) in [6.07, 6.45) is 0. The van der Waals surface area contributed by atoms with Crippen LogP contribution in [0.25, 0.3) is 0 Å². The Balaban J connectivity index is 3.17. The molecular formula is C6H6FNO. The molecule has 0 amide bonds. The Morgan fingerprint density at radius 1 is 1.33 bits per heavy atom. The molecule has 1 aromatic rings. The molecule has 2 nitrogen and oxygen atoms in total. The van der Waals surface area contributed by atoms with Crippen LogP contribution >= 0.6 is 0 Å². The maximum absolute atomic E-state index is 12.2. The molecule has 0 atom stereocenters. The molecule has 0 aliphatic carbocycles. The van der Waals surface area contributed by atoms with Crippen molar-refractivity contribution in [3.63, 3.8) is 0 Å². The van der Waals surface area contributed by atoms with Gasteiger partial charge in [-0.1, -0.05) is 0 Å². The first-order valence-electron chi connectivity index (χ1n) is 2.43. The lowest BCUT2D eigenvalue weighted by molar-refractivity contribution is 0.469. The van der Waals surface area contributed by atoms with E-state index >= 15 is 0 Å². The van der Waals surface area contributed by atoms with Gasteiger partial charge in [-0.2, -0.15) is 0 Å². The lowest BCUT2D eigenvalue weighted by Gasteiger charge is -1.93. The summed E-state index contributed by atoms with van der Waals surface area (Å²) in [6.45, 7) is 0. The molecule has 0 fully saturated rings. The topological polar surface area (TPSA) is 46.2 Å². The molecule has 3 N–H and O–H groups in total. The molecule has 0 aliphatic rings. The highest BCUT2D eigenvalue weighted by Crippen LogP contribution is 2.14. The van der Waals surface area contributed by atoms with Crippen LogP contribution in [0, 0.1) is 5.82 Å². The third-order valence-electron chi connectivity index (χ3n) is 0.905. The SMILES string of the molecule is Nc1cc(O)cc(F)c1. The molecule has 0 spiro atoms. The lowest BCUT2D eigenvalue weighted by Crippen LogP contribution is -1.84. The molecule has 9 heavy (non-hydrogen) atoms. The van der Waals surface area contributed by atoms with E-state index in [2.05, 4.69) is 0 Å². The summed E-state index contributed by atoms with van der Waals surface area (Å²) in [4.78, 5) is 0. The average molecular weight is 127 g/mol.